The molecule has 1 aromatic heterocycles. The third kappa shape index (κ3) is 4.51. The van der Waals surface area contributed by atoms with Gasteiger partial charge in [0.1, 0.15) is 0 Å². The van der Waals surface area contributed by atoms with Crippen molar-refractivity contribution in [1.29, 1.82) is 0 Å². The highest BCUT2D eigenvalue weighted by atomic mass is 32.2. The Kier molecular flexibility index (Phi) is 5.55. The normalized spacial score (nSPS) is 16.8. The predicted molar refractivity (Wildman–Crippen MR) is 106 cm³/mol. The number of aryl methyl sites for hydroxylation is 1. The first kappa shape index (κ1) is 20.5. The van der Waals surface area contributed by atoms with E-state index in [9.17, 15) is 18.0 Å². The monoisotopic (exact) mass is 433 g/mol. The number of thioether (sulfide) groups is 1. The second kappa shape index (κ2) is 8.14. The van der Waals surface area contributed by atoms with E-state index < -0.39 is 12.1 Å². The first-order valence-electron chi connectivity index (χ1n) is 9.33. The molecule has 1 saturated heterocycles. The maximum absolute atomic E-state index is 12.7. The minimum absolute atomic E-state index is 0.0368. The second-order valence-corrected chi connectivity index (χ2v) is 8.47. The predicted octanol–water partition coefficient (Wildman–Crippen LogP) is 5.07. The van der Waals surface area contributed by atoms with Gasteiger partial charge in [-0.25, -0.2) is 0 Å². The molecule has 2 heterocycles. The highest BCUT2D eigenvalue weighted by Gasteiger charge is 2.38. The third-order valence-corrected chi connectivity index (χ3v) is 6.04. The van der Waals surface area contributed by atoms with Gasteiger partial charge < -0.3 is 9.42 Å². The van der Waals surface area contributed by atoms with E-state index in [1.165, 1.54) is 0 Å². The molecule has 1 unspecified atom stereocenters. The van der Waals surface area contributed by atoms with Crippen molar-refractivity contribution in [2.24, 2.45) is 0 Å². The Bertz CT molecular complexity index is 1050. The van der Waals surface area contributed by atoms with Gasteiger partial charge in [-0.3, -0.25) is 4.79 Å². The minimum Gasteiger partial charge on any atom is -0.337 e. The second-order valence-electron chi connectivity index (χ2n) is 7.09. The van der Waals surface area contributed by atoms with Crippen molar-refractivity contribution in [2.75, 3.05) is 13.1 Å². The molecule has 0 saturated carbocycles. The highest BCUT2D eigenvalue weighted by molar-refractivity contribution is 8.00. The molecule has 30 heavy (non-hydrogen) atoms. The van der Waals surface area contributed by atoms with Crippen LogP contribution in [0.25, 0.3) is 11.4 Å². The number of hydrogen-bond donors (Lipinski definition) is 0. The molecule has 9 heteroatoms. The lowest BCUT2D eigenvalue weighted by Gasteiger charge is -2.17. The van der Waals surface area contributed by atoms with Crippen molar-refractivity contribution < 1.29 is 22.5 Å². The summed E-state index contributed by atoms with van der Waals surface area (Å²) in [5, 5.41) is 3.65. The zero-order valence-corrected chi connectivity index (χ0v) is 16.8. The third-order valence-electron chi connectivity index (χ3n) is 4.78. The molecule has 1 atom stereocenters. The molecule has 1 fully saturated rings. The fourth-order valence-electron chi connectivity index (χ4n) is 3.30. The summed E-state index contributed by atoms with van der Waals surface area (Å²) in [6.07, 6.45) is -3.78. The van der Waals surface area contributed by atoms with Gasteiger partial charge in [-0.2, -0.15) is 18.2 Å². The van der Waals surface area contributed by atoms with Gasteiger partial charge >= 0.3 is 12.1 Å². The molecule has 0 N–H and O–H groups in total. The number of alkyl halides is 3. The quantitative estimate of drug-likeness (QED) is 0.575. The summed E-state index contributed by atoms with van der Waals surface area (Å²) < 4.78 is 42.1. The van der Waals surface area contributed by atoms with Crippen LogP contribution in [0.15, 0.2) is 57.9 Å². The molecule has 1 aliphatic heterocycles. The summed E-state index contributed by atoms with van der Waals surface area (Å²) in [5.41, 5.74) is 2.19. The van der Waals surface area contributed by atoms with Crippen LogP contribution >= 0.6 is 11.8 Å². The maximum atomic E-state index is 12.7. The van der Waals surface area contributed by atoms with Crippen LogP contribution in [0.2, 0.25) is 0 Å². The number of aromatic nitrogens is 2. The van der Waals surface area contributed by atoms with Gasteiger partial charge in [0.25, 0.3) is 5.91 Å². The first-order valence-corrected chi connectivity index (χ1v) is 10.2. The molecule has 0 bridgehead atoms. The molecule has 1 amide bonds. The summed E-state index contributed by atoms with van der Waals surface area (Å²) >= 11 is 1.65. The summed E-state index contributed by atoms with van der Waals surface area (Å²) in [4.78, 5) is 18.9. The Morgan fingerprint density at radius 1 is 1.20 bits per heavy atom. The molecule has 156 valence electrons. The van der Waals surface area contributed by atoms with Gasteiger partial charge in [0.2, 0.25) is 5.82 Å². The molecule has 0 aliphatic carbocycles. The van der Waals surface area contributed by atoms with Gasteiger partial charge in [-0.1, -0.05) is 22.9 Å². The van der Waals surface area contributed by atoms with Crippen LogP contribution in [-0.2, 0) is 6.18 Å². The molecule has 5 nitrogen and oxygen atoms in total. The Balaban J connectivity index is 1.37. The number of rotatable bonds is 4. The standard InChI is InChI=1S/C21H18F3N3O2S/c1-13-3-2-4-15(11-13)19(28)27-10-9-17(12-27)30-16-7-5-14(6-8-16)18-25-20(29-26-18)21(22,23)24/h2-8,11,17H,9-10,12H2,1H3. The number of benzene rings is 2. The van der Waals surface area contributed by atoms with E-state index in [4.69, 9.17) is 0 Å². The van der Waals surface area contributed by atoms with Crippen LogP contribution in [0.3, 0.4) is 0 Å². The Morgan fingerprint density at radius 2 is 1.97 bits per heavy atom. The summed E-state index contributed by atoms with van der Waals surface area (Å²) in [5.74, 6) is -1.43. The van der Waals surface area contributed by atoms with E-state index in [0.29, 0.717) is 24.2 Å². The molecule has 0 radical (unpaired) electrons. The van der Waals surface area contributed by atoms with E-state index in [1.807, 2.05) is 48.2 Å². The van der Waals surface area contributed by atoms with Crippen LogP contribution in [0.1, 0.15) is 28.2 Å². The number of halogens is 3. The lowest BCUT2D eigenvalue weighted by Crippen LogP contribution is -2.29. The summed E-state index contributed by atoms with van der Waals surface area (Å²) in [6, 6.07) is 14.5. The molecule has 0 spiro atoms. The van der Waals surface area contributed by atoms with Crippen LogP contribution in [-0.4, -0.2) is 39.3 Å². The van der Waals surface area contributed by atoms with Gasteiger partial charge in [0, 0.05) is 34.4 Å². The molecule has 1 aliphatic rings. The highest BCUT2D eigenvalue weighted by Crippen LogP contribution is 2.33. The number of likely N-dealkylation sites (tertiary alicyclic amines) is 1. The minimum atomic E-state index is -4.66. The van der Waals surface area contributed by atoms with Crippen LogP contribution in [0.4, 0.5) is 13.2 Å². The molecule has 3 aromatic rings. The van der Waals surface area contributed by atoms with E-state index >= 15 is 0 Å². The average molecular weight is 433 g/mol. The zero-order chi connectivity index (χ0) is 21.3. The van der Waals surface area contributed by atoms with E-state index in [0.717, 1.165) is 16.9 Å². The molecular formula is C21H18F3N3O2S. The van der Waals surface area contributed by atoms with Crippen molar-refractivity contribution in [3.05, 3.63) is 65.5 Å². The molecule has 4 rings (SSSR count). The Morgan fingerprint density at radius 3 is 2.63 bits per heavy atom. The number of carbonyl (C=O) groups is 1. The summed E-state index contributed by atoms with van der Waals surface area (Å²) in [6.45, 7) is 3.31. The number of hydrogen-bond acceptors (Lipinski definition) is 5. The average Bonchev–Trinajstić information content (AvgIpc) is 3.38. The largest absolute Gasteiger partial charge is 0.471 e. The van der Waals surface area contributed by atoms with Crippen molar-refractivity contribution in [3.8, 4) is 11.4 Å². The zero-order valence-electron chi connectivity index (χ0n) is 16.0. The van der Waals surface area contributed by atoms with Crippen LogP contribution < -0.4 is 0 Å². The van der Waals surface area contributed by atoms with E-state index in [2.05, 4.69) is 14.7 Å². The van der Waals surface area contributed by atoms with Crippen molar-refractivity contribution in [2.45, 2.75) is 29.7 Å². The van der Waals surface area contributed by atoms with Gasteiger partial charge in [0.05, 0.1) is 0 Å². The summed E-state index contributed by atoms with van der Waals surface area (Å²) in [7, 11) is 0. The molecule has 2 aromatic carbocycles. The Labute approximate surface area is 175 Å². The lowest BCUT2D eigenvalue weighted by molar-refractivity contribution is -0.159. The number of carbonyl (C=O) groups excluding carboxylic acids is 1. The Hall–Kier alpha value is -2.81. The fourth-order valence-corrected chi connectivity index (χ4v) is 4.46. The SMILES string of the molecule is Cc1cccc(C(=O)N2CCC(Sc3ccc(-c4noc(C(F)(F)F)n4)cc3)C2)c1. The lowest BCUT2D eigenvalue weighted by atomic mass is 10.1. The fraction of sp³-hybridized carbons (Fsp3) is 0.286. The van der Waals surface area contributed by atoms with Crippen molar-refractivity contribution in [1.82, 2.24) is 15.0 Å². The van der Waals surface area contributed by atoms with Crippen LogP contribution in [0.5, 0.6) is 0 Å². The first-order chi connectivity index (χ1) is 14.3. The van der Waals surface area contributed by atoms with Crippen LogP contribution in [0, 0.1) is 6.92 Å². The topological polar surface area (TPSA) is 59.2 Å². The van der Waals surface area contributed by atoms with Gasteiger partial charge in [-0.15, -0.1) is 11.8 Å². The number of nitrogens with zero attached hydrogens (tertiary/aromatic N) is 3. The van der Waals surface area contributed by atoms with Crippen molar-refractivity contribution in [3.63, 3.8) is 0 Å². The van der Waals surface area contributed by atoms with Gasteiger partial charge in [0.15, 0.2) is 0 Å². The maximum Gasteiger partial charge on any atom is 0.471 e. The van der Waals surface area contributed by atoms with Crippen molar-refractivity contribution >= 4 is 17.7 Å². The van der Waals surface area contributed by atoms with E-state index in [-0.39, 0.29) is 17.0 Å². The number of amides is 1. The smallest absolute Gasteiger partial charge is 0.337 e. The molecular weight excluding hydrogens is 415 g/mol. The van der Waals surface area contributed by atoms with Gasteiger partial charge in [-0.05, 0) is 49.7 Å². The van der Waals surface area contributed by atoms with E-state index in [1.54, 1.807) is 23.9 Å².